The SMILES string of the molecule is O=C(Cc1cn(Cc2ccccc2)c2ccccc12)ONCc1ccc(Cl)c(Cl)c1. The number of nitrogens with zero attached hydrogens (tertiary/aromatic N) is 1. The average Bonchev–Trinajstić information content (AvgIpc) is 3.09. The van der Waals surface area contributed by atoms with Crippen LogP contribution in [0.25, 0.3) is 10.9 Å². The van der Waals surface area contributed by atoms with Crippen LogP contribution < -0.4 is 5.48 Å². The first kappa shape index (κ1) is 20.5. The Hall–Kier alpha value is -2.79. The Labute approximate surface area is 184 Å². The summed E-state index contributed by atoms with van der Waals surface area (Å²) in [5, 5.41) is 2.01. The van der Waals surface area contributed by atoms with Gasteiger partial charge in [0.2, 0.25) is 0 Å². The Morgan fingerprint density at radius 3 is 2.47 bits per heavy atom. The highest BCUT2D eigenvalue weighted by atomic mass is 35.5. The molecule has 152 valence electrons. The van der Waals surface area contributed by atoms with Gasteiger partial charge in [0.1, 0.15) is 0 Å². The quantitative estimate of drug-likeness (QED) is 0.371. The molecular weight excluding hydrogens is 419 g/mol. The zero-order chi connectivity index (χ0) is 20.9. The summed E-state index contributed by atoms with van der Waals surface area (Å²) in [6.45, 7) is 1.09. The van der Waals surface area contributed by atoms with Crippen LogP contribution >= 0.6 is 23.2 Å². The van der Waals surface area contributed by atoms with E-state index in [2.05, 4.69) is 28.2 Å². The van der Waals surface area contributed by atoms with E-state index in [4.69, 9.17) is 28.0 Å². The first-order valence-electron chi connectivity index (χ1n) is 9.57. The second-order valence-corrected chi connectivity index (χ2v) is 7.82. The summed E-state index contributed by atoms with van der Waals surface area (Å²) in [4.78, 5) is 17.6. The first-order chi connectivity index (χ1) is 14.6. The van der Waals surface area contributed by atoms with Crippen LogP contribution in [0.2, 0.25) is 10.0 Å². The molecule has 4 rings (SSSR count). The molecule has 0 saturated heterocycles. The van der Waals surface area contributed by atoms with Crippen molar-refractivity contribution in [2.45, 2.75) is 19.5 Å². The number of halogens is 2. The number of carbonyl (C=O) groups is 1. The van der Waals surface area contributed by atoms with Crippen molar-refractivity contribution in [1.29, 1.82) is 0 Å². The third-order valence-electron chi connectivity index (χ3n) is 4.85. The van der Waals surface area contributed by atoms with Crippen molar-refractivity contribution >= 4 is 40.1 Å². The molecule has 0 aliphatic carbocycles. The van der Waals surface area contributed by atoms with Gasteiger partial charge in [0, 0.05) is 23.6 Å². The predicted molar refractivity (Wildman–Crippen MR) is 121 cm³/mol. The largest absolute Gasteiger partial charge is 0.370 e. The molecule has 3 aromatic carbocycles. The molecule has 1 N–H and O–H groups in total. The normalized spacial score (nSPS) is 11.0. The molecule has 0 spiro atoms. The molecule has 6 heteroatoms. The van der Waals surface area contributed by atoms with E-state index in [9.17, 15) is 4.79 Å². The van der Waals surface area contributed by atoms with Crippen molar-refractivity contribution in [3.63, 3.8) is 0 Å². The maximum atomic E-state index is 12.4. The van der Waals surface area contributed by atoms with Gasteiger partial charge in [-0.3, -0.25) is 4.79 Å². The van der Waals surface area contributed by atoms with Crippen molar-refractivity contribution in [3.8, 4) is 0 Å². The van der Waals surface area contributed by atoms with Gasteiger partial charge in [0.25, 0.3) is 0 Å². The maximum absolute atomic E-state index is 12.4. The van der Waals surface area contributed by atoms with E-state index in [0.717, 1.165) is 28.6 Å². The molecule has 0 fully saturated rings. The lowest BCUT2D eigenvalue weighted by molar-refractivity contribution is -0.150. The topological polar surface area (TPSA) is 43.3 Å². The number of rotatable bonds is 7. The van der Waals surface area contributed by atoms with Crippen molar-refractivity contribution in [1.82, 2.24) is 10.0 Å². The number of benzene rings is 3. The second-order valence-electron chi connectivity index (χ2n) is 7.01. The molecule has 0 saturated carbocycles. The molecule has 1 heterocycles. The van der Waals surface area contributed by atoms with Gasteiger partial charge in [-0.15, -0.1) is 5.48 Å². The Morgan fingerprint density at radius 2 is 1.67 bits per heavy atom. The molecule has 30 heavy (non-hydrogen) atoms. The molecule has 0 unspecified atom stereocenters. The average molecular weight is 439 g/mol. The lowest BCUT2D eigenvalue weighted by atomic mass is 10.1. The highest BCUT2D eigenvalue weighted by Crippen LogP contribution is 2.24. The van der Waals surface area contributed by atoms with E-state index < -0.39 is 0 Å². The van der Waals surface area contributed by atoms with Gasteiger partial charge < -0.3 is 9.40 Å². The number of carbonyl (C=O) groups excluding carboxylic acids is 1. The van der Waals surface area contributed by atoms with E-state index in [1.807, 2.05) is 48.7 Å². The number of hydroxylamine groups is 1. The number of para-hydroxylation sites is 1. The second kappa shape index (κ2) is 9.35. The van der Waals surface area contributed by atoms with Crippen LogP contribution in [-0.2, 0) is 29.1 Å². The summed E-state index contributed by atoms with van der Waals surface area (Å²) in [7, 11) is 0. The molecule has 1 aromatic heterocycles. The summed E-state index contributed by atoms with van der Waals surface area (Å²) >= 11 is 11.9. The number of aromatic nitrogens is 1. The molecule has 0 bridgehead atoms. The van der Waals surface area contributed by atoms with E-state index in [1.54, 1.807) is 12.1 Å². The fraction of sp³-hybridized carbons (Fsp3) is 0.125. The lowest BCUT2D eigenvalue weighted by Crippen LogP contribution is -2.20. The van der Waals surface area contributed by atoms with Gasteiger partial charge >= 0.3 is 5.97 Å². The molecule has 0 aliphatic rings. The Bertz CT molecular complexity index is 1170. The predicted octanol–water partition coefficient (Wildman–Crippen LogP) is 5.79. The third-order valence-corrected chi connectivity index (χ3v) is 5.59. The van der Waals surface area contributed by atoms with Crippen molar-refractivity contribution < 1.29 is 9.63 Å². The van der Waals surface area contributed by atoms with Gasteiger partial charge in [-0.05, 0) is 34.9 Å². The third kappa shape index (κ3) is 4.85. The minimum Gasteiger partial charge on any atom is -0.370 e. The van der Waals surface area contributed by atoms with Crippen LogP contribution in [0.15, 0.2) is 79.0 Å². The molecule has 0 aliphatic heterocycles. The zero-order valence-electron chi connectivity index (χ0n) is 16.1. The fourth-order valence-electron chi connectivity index (χ4n) is 3.42. The Balaban J connectivity index is 1.42. The maximum Gasteiger partial charge on any atom is 0.329 e. The molecule has 0 amide bonds. The highest BCUT2D eigenvalue weighted by molar-refractivity contribution is 6.42. The van der Waals surface area contributed by atoms with Crippen LogP contribution in [0.1, 0.15) is 16.7 Å². The first-order valence-corrected chi connectivity index (χ1v) is 10.3. The summed E-state index contributed by atoms with van der Waals surface area (Å²) < 4.78 is 2.16. The Morgan fingerprint density at radius 1 is 0.900 bits per heavy atom. The van der Waals surface area contributed by atoms with E-state index in [-0.39, 0.29) is 12.4 Å². The molecule has 4 aromatic rings. The van der Waals surface area contributed by atoms with Crippen LogP contribution in [0.4, 0.5) is 0 Å². The van der Waals surface area contributed by atoms with Gasteiger partial charge in [-0.2, -0.15) is 0 Å². The summed E-state index contributed by atoms with van der Waals surface area (Å²) in [6.07, 6.45) is 2.20. The molecule has 0 atom stereocenters. The number of hydrogen-bond acceptors (Lipinski definition) is 3. The number of fused-ring (bicyclic) bond motifs is 1. The van der Waals surface area contributed by atoms with Gasteiger partial charge in [-0.1, -0.05) is 77.8 Å². The summed E-state index contributed by atoms with van der Waals surface area (Å²) in [5.74, 6) is -0.349. The fourth-order valence-corrected chi connectivity index (χ4v) is 3.74. The monoisotopic (exact) mass is 438 g/mol. The standard InChI is InChI=1S/C24H20Cl2N2O2/c25-21-11-10-18(12-22(21)26)14-27-30-24(29)13-19-16-28(15-17-6-2-1-3-7-17)23-9-5-4-8-20(19)23/h1-12,16,27H,13-15H2. The van der Waals surface area contributed by atoms with E-state index >= 15 is 0 Å². The lowest BCUT2D eigenvalue weighted by Gasteiger charge is -2.06. The van der Waals surface area contributed by atoms with Gasteiger partial charge in [0.05, 0.1) is 23.0 Å². The van der Waals surface area contributed by atoms with Crippen molar-refractivity contribution in [3.05, 3.63) is 106 Å². The smallest absolute Gasteiger partial charge is 0.329 e. The molecule has 4 nitrogen and oxygen atoms in total. The van der Waals surface area contributed by atoms with Crippen LogP contribution in [0, 0.1) is 0 Å². The molecule has 0 radical (unpaired) electrons. The number of nitrogens with one attached hydrogen (secondary N) is 1. The van der Waals surface area contributed by atoms with Gasteiger partial charge in [-0.25, -0.2) is 0 Å². The van der Waals surface area contributed by atoms with E-state index in [0.29, 0.717) is 16.6 Å². The zero-order valence-corrected chi connectivity index (χ0v) is 17.7. The number of hydrogen-bond donors (Lipinski definition) is 1. The summed E-state index contributed by atoms with van der Waals surface area (Å²) in [5.41, 5.74) is 6.81. The minimum atomic E-state index is -0.349. The van der Waals surface area contributed by atoms with Gasteiger partial charge in [0.15, 0.2) is 0 Å². The summed E-state index contributed by atoms with van der Waals surface area (Å²) in [6, 6.07) is 23.6. The van der Waals surface area contributed by atoms with Crippen molar-refractivity contribution in [2.75, 3.05) is 0 Å². The van der Waals surface area contributed by atoms with Crippen LogP contribution in [0.3, 0.4) is 0 Å². The van der Waals surface area contributed by atoms with E-state index in [1.165, 1.54) is 5.56 Å². The molecular formula is C24H20Cl2N2O2. The van der Waals surface area contributed by atoms with Crippen molar-refractivity contribution in [2.24, 2.45) is 0 Å². The highest BCUT2D eigenvalue weighted by Gasteiger charge is 2.13. The Kier molecular flexibility index (Phi) is 6.38. The van der Waals surface area contributed by atoms with Crippen LogP contribution in [-0.4, -0.2) is 10.5 Å². The van der Waals surface area contributed by atoms with Crippen LogP contribution in [0.5, 0.6) is 0 Å². The minimum absolute atomic E-state index is 0.177.